The number of carbonyl (C=O) groups is 2. The molecule has 0 aromatic heterocycles. The van der Waals surface area contributed by atoms with E-state index in [1.54, 1.807) is 0 Å². The van der Waals surface area contributed by atoms with Gasteiger partial charge in [-0.05, 0) is 19.3 Å². The predicted molar refractivity (Wildman–Crippen MR) is 93.1 cm³/mol. The van der Waals surface area contributed by atoms with Crippen molar-refractivity contribution in [2.45, 2.75) is 109 Å². The number of esters is 1. The predicted octanol–water partition coefficient (Wildman–Crippen LogP) is 4.92. The van der Waals surface area contributed by atoms with E-state index in [0.29, 0.717) is 6.42 Å². The molecular formula is C19H36O4. The first-order chi connectivity index (χ1) is 11.2. The van der Waals surface area contributed by atoms with Gasteiger partial charge < -0.3 is 9.84 Å². The molecule has 0 aromatic carbocycles. The summed E-state index contributed by atoms with van der Waals surface area (Å²) in [6.07, 6.45) is 16.0. The maximum Gasteiger partial charge on any atom is 0.313 e. The highest BCUT2D eigenvalue weighted by Gasteiger charge is 2.04. The largest absolute Gasteiger partial charge is 0.395 e. The summed E-state index contributed by atoms with van der Waals surface area (Å²) < 4.78 is 4.23. The van der Waals surface area contributed by atoms with E-state index in [0.717, 1.165) is 44.9 Å². The van der Waals surface area contributed by atoms with Gasteiger partial charge in [0.05, 0.1) is 6.10 Å². The summed E-state index contributed by atoms with van der Waals surface area (Å²) in [5.74, 6) is -0.423. The normalized spacial score (nSPS) is 12.1. The minimum absolute atomic E-state index is 0.0991. The smallest absolute Gasteiger partial charge is 0.313 e. The minimum Gasteiger partial charge on any atom is -0.395 e. The highest BCUT2D eigenvalue weighted by atomic mass is 16.6. The monoisotopic (exact) mass is 328 g/mol. The quantitative estimate of drug-likeness (QED) is 0.178. The first-order valence-electron chi connectivity index (χ1n) is 9.52. The fourth-order valence-corrected chi connectivity index (χ4v) is 2.77. The second-order valence-electron chi connectivity index (χ2n) is 6.46. The van der Waals surface area contributed by atoms with E-state index >= 15 is 0 Å². The van der Waals surface area contributed by atoms with E-state index < -0.39 is 5.97 Å². The van der Waals surface area contributed by atoms with Crippen molar-refractivity contribution in [1.29, 1.82) is 0 Å². The van der Waals surface area contributed by atoms with Crippen LogP contribution in [0.5, 0.6) is 0 Å². The van der Waals surface area contributed by atoms with Gasteiger partial charge in [-0.25, -0.2) is 0 Å². The molecule has 1 atom stereocenters. The van der Waals surface area contributed by atoms with Crippen LogP contribution >= 0.6 is 0 Å². The van der Waals surface area contributed by atoms with Crippen LogP contribution in [0.2, 0.25) is 0 Å². The average molecular weight is 328 g/mol. The van der Waals surface area contributed by atoms with Gasteiger partial charge in [0.15, 0.2) is 0 Å². The molecule has 0 amide bonds. The van der Waals surface area contributed by atoms with Crippen LogP contribution in [0.4, 0.5) is 0 Å². The number of carbonyl (C=O) groups excluding carboxylic acids is 2. The lowest BCUT2D eigenvalue weighted by Gasteiger charge is -2.10. The molecule has 23 heavy (non-hydrogen) atoms. The Balaban J connectivity index is 3.18. The maximum atomic E-state index is 10.9. The van der Waals surface area contributed by atoms with E-state index in [1.165, 1.54) is 44.9 Å². The number of unbranched alkanes of at least 4 members (excludes halogenated alkanes) is 10. The lowest BCUT2D eigenvalue weighted by atomic mass is 10.0. The molecule has 0 aliphatic rings. The second kappa shape index (κ2) is 17.5. The number of ether oxygens (including phenoxy) is 1. The highest BCUT2D eigenvalue weighted by Crippen LogP contribution is 2.14. The maximum absolute atomic E-state index is 10.9. The van der Waals surface area contributed by atoms with Gasteiger partial charge in [0.2, 0.25) is 0 Å². The molecule has 0 aliphatic carbocycles. The fraction of sp³-hybridized carbons (Fsp3) is 0.895. The molecule has 0 saturated carbocycles. The molecule has 0 spiro atoms. The summed E-state index contributed by atoms with van der Waals surface area (Å²) in [5.41, 5.74) is 0. The van der Waals surface area contributed by atoms with Gasteiger partial charge >= 0.3 is 12.4 Å². The van der Waals surface area contributed by atoms with Gasteiger partial charge in [-0.1, -0.05) is 77.6 Å². The molecule has 0 aromatic rings. The summed E-state index contributed by atoms with van der Waals surface area (Å²) >= 11 is 0. The van der Waals surface area contributed by atoms with Crippen LogP contribution in [0.1, 0.15) is 103 Å². The second-order valence-corrected chi connectivity index (χ2v) is 6.46. The first kappa shape index (κ1) is 22.1. The third-order valence-corrected chi connectivity index (χ3v) is 4.24. The Hall–Kier alpha value is -0.900. The van der Waals surface area contributed by atoms with Crippen molar-refractivity contribution in [3.63, 3.8) is 0 Å². The van der Waals surface area contributed by atoms with E-state index in [4.69, 9.17) is 0 Å². The van der Waals surface area contributed by atoms with Crippen LogP contribution in [0.25, 0.3) is 0 Å². The van der Waals surface area contributed by atoms with Crippen LogP contribution < -0.4 is 0 Å². The van der Waals surface area contributed by atoms with Crippen molar-refractivity contribution >= 4 is 12.4 Å². The average Bonchev–Trinajstić information content (AvgIpc) is 2.53. The Labute approximate surface area is 142 Å². The number of rotatable bonds is 17. The van der Waals surface area contributed by atoms with Crippen LogP contribution in [-0.2, 0) is 14.3 Å². The zero-order valence-corrected chi connectivity index (χ0v) is 14.9. The van der Waals surface area contributed by atoms with Crippen molar-refractivity contribution in [2.24, 2.45) is 0 Å². The Kier molecular flexibility index (Phi) is 16.8. The number of hydrogen-bond acceptors (Lipinski definition) is 4. The van der Waals surface area contributed by atoms with Crippen LogP contribution in [-0.4, -0.2) is 23.7 Å². The summed E-state index contributed by atoms with van der Waals surface area (Å²) in [4.78, 5) is 20.9. The molecule has 1 N–H and O–H groups in total. The third kappa shape index (κ3) is 17.3. The lowest BCUT2D eigenvalue weighted by molar-refractivity contribution is -0.151. The van der Waals surface area contributed by atoms with Gasteiger partial charge in [0.1, 0.15) is 0 Å². The van der Waals surface area contributed by atoms with E-state index in [9.17, 15) is 14.7 Å². The highest BCUT2D eigenvalue weighted by molar-refractivity contribution is 5.76. The van der Waals surface area contributed by atoms with Gasteiger partial charge in [0.25, 0.3) is 0 Å². The molecule has 4 heteroatoms. The molecule has 0 radical (unpaired) electrons. The molecule has 0 bridgehead atoms. The Morgan fingerprint density at radius 2 is 1.35 bits per heavy atom. The van der Waals surface area contributed by atoms with Crippen molar-refractivity contribution in [2.75, 3.05) is 0 Å². The third-order valence-electron chi connectivity index (χ3n) is 4.24. The molecule has 0 fully saturated rings. The fourth-order valence-electron chi connectivity index (χ4n) is 2.77. The van der Waals surface area contributed by atoms with Crippen molar-refractivity contribution in [3.8, 4) is 0 Å². The van der Waals surface area contributed by atoms with Gasteiger partial charge in [0, 0.05) is 6.42 Å². The molecule has 4 nitrogen and oxygen atoms in total. The minimum atomic E-state index is -0.423. The summed E-state index contributed by atoms with van der Waals surface area (Å²) in [6, 6.07) is 0. The van der Waals surface area contributed by atoms with E-state index in [2.05, 4.69) is 11.7 Å². The summed E-state index contributed by atoms with van der Waals surface area (Å²) in [5, 5.41) is 9.87. The zero-order chi connectivity index (χ0) is 17.2. The lowest BCUT2D eigenvalue weighted by Crippen LogP contribution is -2.05. The summed E-state index contributed by atoms with van der Waals surface area (Å²) in [7, 11) is 0. The standard InChI is InChI=1S/C19H36O4/c1-2-3-4-11-14-18(21)15-12-9-7-5-6-8-10-13-16-19(22)23-17-20/h17-18,21H,2-16H2,1H3. The Morgan fingerprint density at radius 1 is 0.870 bits per heavy atom. The number of aliphatic hydroxyl groups is 1. The van der Waals surface area contributed by atoms with E-state index in [-0.39, 0.29) is 12.6 Å². The molecule has 0 heterocycles. The molecule has 136 valence electrons. The first-order valence-corrected chi connectivity index (χ1v) is 9.52. The number of aliphatic hydroxyl groups excluding tert-OH is 1. The molecular weight excluding hydrogens is 292 g/mol. The van der Waals surface area contributed by atoms with Crippen molar-refractivity contribution < 1.29 is 19.4 Å². The molecule has 0 rings (SSSR count). The van der Waals surface area contributed by atoms with Crippen molar-refractivity contribution in [1.82, 2.24) is 0 Å². The van der Waals surface area contributed by atoms with E-state index in [1.807, 2.05) is 0 Å². The van der Waals surface area contributed by atoms with Gasteiger partial charge in [-0.15, -0.1) is 0 Å². The van der Waals surface area contributed by atoms with Gasteiger partial charge in [-0.2, -0.15) is 0 Å². The zero-order valence-electron chi connectivity index (χ0n) is 14.9. The molecule has 1 unspecified atom stereocenters. The SMILES string of the molecule is CCCCCCC(O)CCCCCCCCCCC(=O)OC=O. The van der Waals surface area contributed by atoms with Crippen molar-refractivity contribution in [3.05, 3.63) is 0 Å². The topological polar surface area (TPSA) is 63.6 Å². The van der Waals surface area contributed by atoms with Crippen LogP contribution in [0, 0.1) is 0 Å². The molecule has 0 saturated heterocycles. The van der Waals surface area contributed by atoms with Crippen LogP contribution in [0.15, 0.2) is 0 Å². The summed E-state index contributed by atoms with van der Waals surface area (Å²) in [6.45, 7) is 2.41. The Bertz CT molecular complexity index is 279. The Morgan fingerprint density at radius 3 is 1.87 bits per heavy atom. The molecule has 0 aliphatic heterocycles. The number of hydrogen-bond donors (Lipinski definition) is 1. The van der Waals surface area contributed by atoms with Crippen LogP contribution in [0.3, 0.4) is 0 Å². The van der Waals surface area contributed by atoms with Gasteiger partial charge in [-0.3, -0.25) is 9.59 Å².